The Morgan fingerprint density at radius 3 is 2.67 bits per heavy atom. The van der Waals surface area contributed by atoms with Gasteiger partial charge in [0.05, 0.1) is 11.8 Å². The Hall–Kier alpha value is -0.870. The molecule has 0 aromatic carbocycles. The van der Waals surface area contributed by atoms with Gasteiger partial charge in [0.15, 0.2) is 0 Å². The summed E-state index contributed by atoms with van der Waals surface area (Å²) >= 11 is 0. The van der Waals surface area contributed by atoms with Crippen LogP contribution in [0.5, 0.6) is 0 Å². The van der Waals surface area contributed by atoms with Gasteiger partial charge in [-0.15, -0.1) is 0 Å². The number of aryl methyl sites for hydroxylation is 1. The minimum absolute atomic E-state index is 0.177. The van der Waals surface area contributed by atoms with Crippen molar-refractivity contribution in [2.24, 2.45) is 0 Å². The molecule has 1 unspecified atom stereocenters. The van der Waals surface area contributed by atoms with Crippen molar-refractivity contribution in [3.8, 4) is 0 Å². The van der Waals surface area contributed by atoms with E-state index in [0.717, 1.165) is 25.9 Å². The lowest BCUT2D eigenvalue weighted by molar-refractivity contribution is -0.00998. The number of nitrogens with zero attached hydrogens (tertiary/aromatic N) is 2. The van der Waals surface area contributed by atoms with Crippen molar-refractivity contribution in [3.63, 3.8) is 0 Å². The highest BCUT2D eigenvalue weighted by Crippen LogP contribution is 2.18. The van der Waals surface area contributed by atoms with Gasteiger partial charge in [0, 0.05) is 25.9 Å². The second kappa shape index (κ2) is 6.90. The van der Waals surface area contributed by atoms with Crippen LogP contribution in [0.2, 0.25) is 0 Å². The summed E-state index contributed by atoms with van der Waals surface area (Å²) in [6.45, 7) is 10.5. The molecule has 1 aromatic heterocycles. The van der Waals surface area contributed by atoms with Crippen LogP contribution >= 0.6 is 0 Å². The summed E-state index contributed by atoms with van der Waals surface area (Å²) in [5, 5.41) is 7.90. The van der Waals surface area contributed by atoms with Crippen LogP contribution in [-0.2, 0) is 17.7 Å². The molecule has 4 heteroatoms. The molecule has 1 heterocycles. The third kappa shape index (κ3) is 4.10. The van der Waals surface area contributed by atoms with Gasteiger partial charge in [0.25, 0.3) is 0 Å². The van der Waals surface area contributed by atoms with Gasteiger partial charge in [0.1, 0.15) is 0 Å². The van der Waals surface area contributed by atoms with Crippen molar-refractivity contribution < 1.29 is 4.74 Å². The van der Waals surface area contributed by atoms with Gasteiger partial charge >= 0.3 is 0 Å². The Morgan fingerprint density at radius 2 is 2.17 bits per heavy atom. The summed E-state index contributed by atoms with van der Waals surface area (Å²) in [5.41, 5.74) is 1.08. The van der Waals surface area contributed by atoms with E-state index in [0.29, 0.717) is 6.04 Å². The predicted molar refractivity (Wildman–Crippen MR) is 74.8 cm³/mol. The predicted octanol–water partition coefficient (Wildman–Crippen LogP) is 2.24. The molecule has 0 aliphatic rings. The van der Waals surface area contributed by atoms with Crippen LogP contribution in [0.1, 0.15) is 39.7 Å². The maximum atomic E-state index is 5.61. The van der Waals surface area contributed by atoms with Gasteiger partial charge in [-0.25, -0.2) is 0 Å². The third-order valence-corrected chi connectivity index (χ3v) is 3.46. The Morgan fingerprint density at radius 1 is 1.44 bits per heavy atom. The topological polar surface area (TPSA) is 39.1 Å². The minimum Gasteiger partial charge on any atom is -0.377 e. The molecule has 0 aliphatic carbocycles. The Balaban J connectivity index is 2.71. The SMILES string of the molecule is CCCNC(Cc1cnn(CC)c1)C(C)(C)OC. The molecule has 1 atom stereocenters. The van der Waals surface area contributed by atoms with Crippen molar-refractivity contribution in [3.05, 3.63) is 18.0 Å². The first-order valence-corrected chi connectivity index (χ1v) is 6.83. The van der Waals surface area contributed by atoms with E-state index in [4.69, 9.17) is 4.74 Å². The first-order chi connectivity index (χ1) is 8.53. The van der Waals surface area contributed by atoms with Gasteiger partial charge < -0.3 is 10.1 Å². The van der Waals surface area contributed by atoms with Gasteiger partial charge in [-0.2, -0.15) is 5.10 Å². The van der Waals surface area contributed by atoms with Gasteiger partial charge in [-0.05, 0) is 45.7 Å². The van der Waals surface area contributed by atoms with Gasteiger partial charge in [0.2, 0.25) is 0 Å². The summed E-state index contributed by atoms with van der Waals surface area (Å²) in [7, 11) is 1.77. The number of ether oxygens (including phenoxy) is 1. The molecular formula is C14H27N3O. The van der Waals surface area contributed by atoms with Crippen LogP contribution in [-0.4, -0.2) is 35.1 Å². The van der Waals surface area contributed by atoms with Crippen molar-refractivity contribution in [2.45, 2.75) is 58.7 Å². The van der Waals surface area contributed by atoms with E-state index in [2.05, 4.69) is 44.3 Å². The van der Waals surface area contributed by atoms with Crippen molar-refractivity contribution >= 4 is 0 Å². The third-order valence-electron chi connectivity index (χ3n) is 3.46. The average molecular weight is 253 g/mol. The zero-order valence-corrected chi connectivity index (χ0v) is 12.4. The smallest absolute Gasteiger partial charge is 0.0778 e. The molecule has 1 rings (SSSR count). The molecule has 0 saturated carbocycles. The second-order valence-corrected chi connectivity index (χ2v) is 5.22. The van der Waals surface area contributed by atoms with E-state index in [1.165, 1.54) is 5.56 Å². The van der Waals surface area contributed by atoms with E-state index in [9.17, 15) is 0 Å². The molecule has 0 saturated heterocycles. The van der Waals surface area contributed by atoms with Crippen LogP contribution in [0, 0.1) is 0 Å². The lowest BCUT2D eigenvalue weighted by Crippen LogP contribution is -2.49. The van der Waals surface area contributed by atoms with Crippen LogP contribution < -0.4 is 5.32 Å². The van der Waals surface area contributed by atoms with Crippen molar-refractivity contribution in [2.75, 3.05) is 13.7 Å². The number of aromatic nitrogens is 2. The van der Waals surface area contributed by atoms with Crippen LogP contribution in [0.4, 0.5) is 0 Å². The fourth-order valence-corrected chi connectivity index (χ4v) is 1.95. The molecule has 0 spiro atoms. The van der Waals surface area contributed by atoms with Crippen LogP contribution in [0.3, 0.4) is 0 Å². The van der Waals surface area contributed by atoms with E-state index >= 15 is 0 Å². The lowest BCUT2D eigenvalue weighted by Gasteiger charge is -2.33. The molecule has 4 nitrogen and oxygen atoms in total. The molecule has 104 valence electrons. The lowest BCUT2D eigenvalue weighted by atomic mass is 9.93. The van der Waals surface area contributed by atoms with E-state index < -0.39 is 0 Å². The average Bonchev–Trinajstić information content (AvgIpc) is 2.82. The monoisotopic (exact) mass is 253 g/mol. The van der Waals surface area contributed by atoms with Gasteiger partial charge in [-0.1, -0.05) is 6.92 Å². The van der Waals surface area contributed by atoms with Crippen LogP contribution in [0.25, 0.3) is 0 Å². The van der Waals surface area contributed by atoms with Crippen molar-refractivity contribution in [1.29, 1.82) is 0 Å². The first kappa shape index (κ1) is 15.2. The molecule has 1 N–H and O–H groups in total. The molecule has 0 radical (unpaired) electrons. The Bertz CT molecular complexity index is 347. The number of rotatable bonds is 8. The molecule has 0 bridgehead atoms. The Kier molecular flexibility index (Phi) is 5.82. The molecule has 0 fully saturated rings. The standard InChI is InChI=1S/C14H27N3O/c1-6-8-15-13(14(3,4)18-5)9-12-10-16-17(7-2)11-12/h10-11,13,15H,6-9H2,1-5H3. The Labute approximate surface area is 111 Å². The minimum atomic E-state index is -0.177. The van der Waals surface area contributed by atoms with Crippen LogP contribution in [0.15, 0.2) is 12.4 Å². The maximum absolute atomic E-state index is 5.61. The molecular weight excluding hydrogens is 226 g/mol. The highest BCUT2D eigenvalue weighted by atomic mass is 16.5. The van der Waals surface area contributed by atoms with E-state index in [-0.39, 0.29) is 5.60 Å². The normalized spacial score (nSPS) is 13.8. The van der Waals surface area contributed by atoms with Gasteiger partial charge in [-0.3, -0.25) is 4.68 Å². The quantitative estimate of drug-likeness (QED) is 0.772. The largest absolute Gasteiger partial charge is 0.377 e. The molecule has 18 heavy (non-hydrogen) atoms. The zero-order valence-electron chi connectivity index (χ0n) is 12.4. The molecule has 0 amide bonds. The van der Waals surface area contributed by atoms with E-state index in [1.807, 2.05) is 10.9 Å². The van der Waals surface area contributed by atoms with Crippen molar-refractivity contribution in [1.82, 2.24) is 15.1 Å². The number of hydrogen-bond donors (Lipinski definition) is 1. The number of methoxy groups -OCH3 is 1. The summed E-state index contributed by atoms with van der Waals surface area (Å²) in [6.07, 6.45) is 6.15. The number of nitrogens with one attached hydrogen (secondary N) is 1. The second-order valence-electron chi connectivity index (χ2n) is 5.22. The maximum Gasteiger partial charge on any atom is 0.0778 e. The fourth-order valence-electron chi connectivity index (χ4n) is 1.95. The van der Waals surface area contributed by atoms with E-state index in [1.54, 1.807) is 7.11 Å². The highest BCUT2D eigenvalue weighted by Gasteiger charge is 2.29. The summed E-state index contributed by atoms with van der Waals surface area (Å²) in [4.78, 5) is 0. The zero-order chi connectivity index (χ0) is 13.6. The summed E-state index contributed by atoms with van der Waals surface area (Å²) in [6, 6.07) is 0.303. The fraction of sp³-hybridized carbons (Fsp3) is 0.786. The molecule has 0 aliphatic heterocycles. The number of hydrogen-bond acceptors (Lipinski definition) is 3. The highest BCUT2D eigenvalue weighted by molar-refractivity contribution is 5.08. The summed E-state index contributed by atoms with van der Waals surface area (Å²) in [5.74, 6) is 0. The first-order valence-electron chi connectivity index (χ1n) is 6.83. The molecule has 1 aromatic rings. The summed E-state index contributed by atoms with van der Waals surface area (Å²) < 4.78 is 7.58.